The molecule has 1 rings (SSSR count). The molecule has 0 saturated carbocycles. The zero-order chi connectivity index (χ0) is 14.3. The number of hydrogen-bond donors (Lipinski definition) is 1. The van der Waals surface area contributed by atoms with E-state index in [9.17, 15) is 4.39 Å². The Morgan fingerprint density at radius 2 is 2.00 bits per heavy atom. The molecule has 0 bridgehead atoms. The van der Waals surface area contributed by atoms with Crippen molar-refractivity contribution < 1.29 is 4.39 Å². The maximum Gasteiger partial charge on any atom is 0.126 e. The van der Waals surface area contributed by atoms with Crippen LogP contribution in [0.15, 0.2) is 17.0 Å². The highest BCUT2D eigenvalue weighted by atomic mass is 32.2. The summed E-state index contributed by atoms with van der Waals surface area (Å²) in [6.45, 7) is 9.13. The molecule has 1 unspecified atom stereocenters. The molecule has 0 aliphatic heterocycles. The topological polar surface area (TPSA) is 12.0 Å². The van der Waals surface area contributed by atoms with Crippen LogP contribution in [0.4, 0.5) is 4.39 Å². The minimum absolute atomic E-state index is 0.0994. The molecule has 108 valence electrons. The third-order valence-electron chi connectivity index (χ3n) is 3.27. The number of hydrogen-bond acceptors (Lipinski definition) is 2. The van der Waals surface area contributed by atoms with Gasteiger partial charge < -0.3 is 5.32 Å². The SMILES string of the molecule is CCCCCSc1cc(C)c(F)cc1C(C)NCC. The van der Waals surface area contributed by atoms with Crippen molar-refractivity contribution in [1.29, 1.82) is 0 Å². The molecule has 0 amide bonds. The quantitative estimate of drug-likeness (QED) is 0.527. The summed E-state index contributed by atoms with van der Waals surface area (Å²) in [6.07, 6.45) is 3.74. The van der Waals surface area contributed by atoms with E-state index in [1.165, 1.54) is 24.2 Å². The maximum atomic E-state index is 13.8. The minimum atomic E-state index is -0.0994. The van der Waals surface area contributed by atoms with Gasteiger partial charge in [0.15, 0.2) is 0 Å². The molecule has 1 N–H and O–H groups in total. The van der Waals surface area contributed by atoms with E-state index >= 15 is 0 Å². The van der Waals surface area contributed by atoms with Gasteiger partial charge in [-0.05, 0) is 55.8 Å². The molecule has 0 fully saturated rings. The number of benzene rings is 1. The third-order valence-corrected chi connectivity index (χ3v) is 4.43. The lowest BCUT2D eigenvalue weighted by Crippen LogP contribution is -2.18. The van der Waals surface area contributed by atoms with Crippen LogP contribution in [-0.2, 0) is 0 Å². The number of aryl methyl sites for hydroxylation is 1. The number of unbranched alkanes of at least 4 members (excludes halogenated alkanes) is 2. The molecule has 0 heterocycles. The van der Waals surface area contributed by atoms with Gasteiger partial charge in [0.25, 0.3) is 0 Å². The maximum absolute atomic E-state index is 13.8. The summed E-state index contributed by atoms with van der Waals surface area (Å²) in [5, 5.41) is 3.37. The molecule has 0 saturated heterocycles. The Kier molecular flexibility index (Phi) is 7.47. The molecule has 0 aliphatic rings. The van der Waals surface area contributed by atoms with Gasteiger partial charge in [-0.15, -0.1) is 11.8 Å². The summed E-state index contributed by atoms with van der Waals surface area (Å²) in [5.41, 5.74) is 1.83. The van der Waals surface area contributed by atoms with Crippen LogP contribution in [0, 0.1) is 12.7 Å². The van der Waals surface area contributed by atoms with Crippen molar-refractivity contribution in [1.82, 2.24) is 5.32 Å². The normalized spacial score (nSPS) is 12.7. The third kappa shape index (κ3) is 5.15. The van der Waals surface area contributed by atoms with E-state index in [-0.39, 0.29) is 11.9 Å². The van der Waals surface area contributed by atoms with Crippen molar-refractivity contribution in [3.63, 3.8) is 0 Å². The Labute approximate surface area is 121 Å². The number of nitrogens with one attached hydrogen (secondary N) is 1. The molecule has 1 aromatic carbocycles. The zero-order valence-corrected chi connectivity index (χ0v) is 13.4. The molecule has 0 spiro atoms. The van der Waals surface area contributed by atoms with Crippen LogP contribution < -0.4 is 5.32 Å². The molecular weight excluding hydrogens is 257 g/mol. The van der Waals surface area contributed by atoms with Gasteiger partial charge in [0.2, 0.25) is 0 Å². The van der Waals surface area contributed by atoms with Crippen molar-refractivity contribution >= 4 is 11.8 Å². The van der Waals surface area contributed by atoms with E-state index in [4.69, 9.17) is 0 Å². The fraction of sp³-hybridized carbons (Fsp3) is 0.625. The van der Waals surface area contributed by atoms with Gasteiger partial charge in [-0.25, -0.2) is 4.39 Å². The Morgan fingerprint density at radius 1 is 1.26 bits per heavy atom. The lowest BCUT2D eigenvalue weighted by molar-refractivity contribution is 0.571. The standard InChI is InChI=1S/C16H26FNS/c1-5-7-8-9-19-16-10-12(3)15(17)11-14(16)13(4)18-6-2/h10-11,13,18H,5-9H2,1-4H3. The zero-order valence-electron chi connectivity index (χ0n) is 12.6. The van der Waals surface area contributed by atoms with E-state index in [2.05, 4.69) is 26.1 Å². The van der Waals surface area contributed by atoms with Crippen LogP contribution >= 0.6 is 11.8 Å². The summed E-state index contributed by atoms with van der Waals surface area (Å²) in [5.74, 6) is 1.02. The monoisotopic (exact) mass is 283 g/mol. The largest absolute Gasteiger partial charge is 0.310 e. The fourth-order valence-electron chi connectivity index (χ4n) is 2.08. The van der Waals surface area contributed by atoms with Gasteiger partial charge in [0, 0.05) is 10.9 Å². The summed E-state index contributed by atoms with van der Waals surface area (Å²) in [4.78, 5) is 1.23. The van der Waals surface area contributed by atoms with Crippen LogP contribution in [0.2, 0.25) is 0 Å². The van der Waals surface area contributed by atoms with Crippen molar-refractivity contribution in [3.05, 3.63) is 29.1 Å². The second kappa shape index (κ2) is 8.60. The van der Waals surface area contributed by atoms with E-state index in [0.29, 0.717) is 0 Å². The van der Waals surface area contributed by atoms with Crippen LogP contribution in [0.1, 0.15) is 57.2 Å². The van der Waals surface area contributed by atoms with Gasteiger partial charge >= 0.3 is 0 Å². The fourth-order valence-corrected chi connectivity index (χ4v) is 3.31. The van der Waals surface area contributed by atoms with E-state index < -0.39 is 0 Å². The highest BCUT2D eigenvalue weighted by Gasteiger charge is 2.13. The highest BCUT2D eigenvalue weighted by molar-refractivity contribution is 7.99. The highest BCUT2D eigenvalue weighted by Crippen LogP contribution is 2.30. The van der Waals surface area contributed by atoms with Gasteiger partial charge in [0.05, 0.1) is 0 Å². The predicted molar refractivity (Wildman–Crippen MR) is 83.5 cm³/mol. The first-order valence-corrected chi connectivity index (χ1v) is 8.24. The summed E-state index contributed by atoms with van der Waals surface area (Å²) < 4.78 is 13.8. The summed E-state index contributed by atoms with van der Waals surface area (Å²) in [7, 11) is 0. The smallest absolute Gasteiger partial charge is 0.126 e. The minimum Gasteiger partial charge on any atom is -0.310 e. The summed E-state index contributed by atoms with van der Waals surface area (Å²) >= 11 is 1.86. The van der Waals surface area contributed by atoms with Gasteiger partial charge in [0.1, 0.15) is 5.82 Å². The second-order valence-corrected chi connectivity index (χ2v) is 6.11. The van der Waals surface area contributed by atoms with E-state index in [1.54, 1.807) is 6.07 Å². The Balaban J connectivity index is 2.83. The molecule has 1 nitrogen and oxygen atoms in total. The molecule has 1 atom stereocenters. The Hall–Kier alpha value is -0.540. The van der Waals surface area contributed by atoms with Crippen molar-refractivity contribution in [2.24, 2.45) is 0 Å². The van der Waals surface area contributed by atoms with Crippen LogP contribution in [0.5, 0.6) is 0 Å². The van der Waals surface area contributed by atoms with Crippen LogP contribution in [-0.4, -0.2) is 12.3 Å². The first-order chi connectivity index (χ1) is 9.10. The van der Waals surface area contributed by atoms with Crippen LogP contribution in [0.3, 0.4) is 0 Å². The van der Waals surface area contributed by atoms with E-state index in [0.717, 1.165) is 23.4 Å². The number of rotatable bonds is 8. The Bertz CT molecular complexity index is 393. The van der Waals surface area contributed by atoms with Crippen LogP contribution in [0.25, 0.3) is 0 Å². The van der Waals surface area contributed by atoms with Crippen molar-refractivity contribution in [2.75, 3.05) is 12.3 Å². The lowest BCUT2D eigenvalue weighted by atomic mass is 10.1. The molecular formula is C16H26FNS. The van der Waals surface area contributed by atoms with E-state index in [1.807, 2.05) is 24.8 Å². The second-order valence-electron chi connectivity index (χ2n) is 4.97. The lowest BCUT2D eigenvalue weighted by Gasteiger charge is -2.18. The number of thioether (sulfide) groups is 1. The van der Waals surface area contributed by atoms with Gasteiger partial charge in [-0.3, -0.25) is 0 Å². The molecule has 0 aliphatic carbocycles. The van der Waals surface area contributed by atoms with Gasteiger partial charge in [-0.2, -0.15) is 0 Å². The van der Waals surface area contributed by atoms with Crippen molar-refractivity contribution in [2.45, 2.75) is 57.9 Å². The van der Waals surface area contributed by atoms with Crippen molar-refractivity contribution in [3.8, 4) is 0 Å². The molecule has 3 heteroatoms. The molecule has 19 heavy (non-hydrogen) atoms. The summed E-state index contributed by atoms with van der Waals surface area (Å²) in [6, 6.07) is 3.90. The predicted octanol–water partition coefficient (Wildman–Crippen LogP) is 5.09. The first-order valence-electron chi connectivity index (χ1n) is 7.26. The average molecular weight is 283 g/mol. The first kappa shape index (κ1) is 16.5. The molecule has 0 aromatic heterocycles. The molecule has 1 aromatic rings. The number of halogens is 1. The molecule has 0 radical (unpaired) electrons. The van der Waals surface area contributed by atoms with Gasteiger partial charge in [-0.1, -0.05) is 26.7 Å². The average Bonchev–Trinajstić information content (AvgIpc) is 2.38. The Morgan fingerprint density at radius 3 is 2.63 bits per heavy atom.